The number of hydrogen-bond acceptors (Lipinski definition) is 5. The molecule has 0 N–H and O–H groups in total. The van der Waals surface area contributed by atoms with Crippen LogP contribution in [-0.2, 0) is 23.8 Å². The molecule has 4 aliphatic carbocycles. The molecule has 0 bridgehead atoms. The van der Waals surface area contributed by atoms with Crippen molar-refractivity contribution in [3.8, 4) is 0 Å². The fraction of sp³-hybridized carbons (Fsp3) is 0.750. The lowest BCUT2D eigenvalue weighted by molar-refractivity contribution is -0.149. The minimum absolute atomic E-state index is 0.136. The SMILES string of the molecule is CC(=O)O[C@H]1CC[C@@]2(COS(=O)(=O)c3ccc(C)cc3)C(=CCC3C2CC[C@@]2(C)C3CC[C@@H]2C(C)CCCC(C)C)C1. The zero-order valence-electron chi connectivity index (χ0n) is 26.9. The Balaban J connectivity index is 1.40. The van der Waals surface area contributed by atoms with Gasteiger partial charge in [0.25, 0.3) is 10.1 Å². The molecule has 4 unspecified atom stereocenters. The number of esters is 1. The Morgan fingerprint density at radius 3 is 2.43 bits per heavy atom. The number of rotatable bonds is 10. The van der Waals surface area contributed by atoms with Crippen molar-refractivity contribution >= 4 is 16.1 Å². The summed E-state index contributed by atoms with van der Waals surface area (Å²) in [4.78, 5) is 12.0. The van der Waals surface area contributed by atoms with E-state index in [0.29, 0.717) is 29.6 Å². The third kappa shape index (κ3) is 6.14. The first kappa shape index (κ1) is 31.8. The van der Waals surface area contributed by atoms with Crippen LogP contribution in [0.2, 0.25) is 0 Å². The lowest BCUT2D eigenvalue weighted by atomic mass is 9.46. The van der Waals surface area contributed by atoms with E-state index < -0.39 is 10.1 Å². The predicted octanol–water partition coefficient (Wildman–Crippen LogP) is 8.65. The van der Waals surface area contributed by atoms with Crippen LogP contribution in [0.4, 0.5) is 0 Å². The molecule has 42 heavy (non-hydrogen) atoms. The number of carbonyl (C=O) groups excluding carboxylic acids is 1. The van der Waals surface area contributed by atoms with Crippen LogP contribution >= 0.6 is 0 Å². The van der Waals surface area contributed by atoms with E-state index in [1.807, 2.05) is 19.1 Å². The number of carbonyl (C=O) groups is 1. The molecule has 5 rings (SSSR count). The van der Waals surface area contributed by atoms with Gasteiger partial charge in [-0.1, -0.05) is 76.3 Å². The molecule has 4 aliphatic rings. The molecule has 5 nitrogen and oxygen atoms in total. The molecule has 0 heterocycles. The van der Waals surface area contributed by atoms with Gasteiger partial charge < -0.3 is 4.74 Å². The summed E-state index contributed by atoms with van der Waals surface area (Å²) in [5.41, 5.74) is 2.32. The molecule has 0 saturated heterocycles. The first-order valence-corrected chi connectivity index (χ1v) is 18.1. The Bertz CT molecular complexity index is 1250. The first-order valence-electron chi connectivity index (χ1n) is 16.7. The van der Waals surface area contributed by atoms with Crippen molar-refractivity contribution in [1.82, 2.24) is 0 Å². The minimum atomic E-state index is -3.88. The highest BCUT2D eigenvalue weighted by molar-refractivity contribution is 7.86. The van der Waals surface area contributed by atoms with E-state index in [9.17, 15) is 13.2 Å². The Kier molecular flexibility index (Phi) is 9.36. The van der Waals surface area contributed by atoms with E-state index in [4.69, 9.17) is 8.92 Å². The number of hydrogen-bond donors (Lipinski definition) is 0. The van der Waals surface area contributed by atoms with Gasteiger partial charge in [-0.2, -0.15) is 8.42 Å². The maximum Gasteiger partial charge on any atom is 0.302 e. The van der Waals surface area contributed by atoms with Gasteiger partial charge in [-0.15, -0.1) is 0 Å². The number of fused-ring (bicyclic) bond motifs is 5. The molecule has 6 heteroatoms. The molecule has 0 amide bonds. The second kappa shape index (κ2) is 12.4. The summed E-state index contributed by atoms with van der Waals surface area (Å²) in [6.07, 6.45) is 14.5. The van der Waals surface area contributed by atoms with Crippen molar-refractivity contribution in [2.75, 3.05) is 6.61 Å². The molecule has 0 spiro atoms. The second-order valence-corrected chi connectivity index (χ2v) is 16.6. The topological polar surface area (TPSA) is 69.7 Å². The summed E-state index contributed by atoms with van der Waals surface area (Å²) in [7, 11) is -3.88. The zero-order valence-corrected chi connectivity index (χ0v) is 27.7. The highest BCUT2D eigenvalue weighted by Crippen LogP contribution is 2.67. The molecule has 1 aromatic carbocycles. The molecule has 0 aromatic heterocycles. The molecular formula is C36H54O5S. The first-order chi connectivity index (χ1) is 19.9. The summed E-state index contributed by atoms with van der Waals surface area (Å²) >= 11 is 0. The summed E-state index contributed by atoms with van der Waals surface area (Å²) in [6, 6.07) is 6.94. The van der Waals surface area contributed by atoms with Crippen molar-refractivity contribution in [2.24, 2.45) is 46.3 Å². The van der Waals surface area contributed by atoms with E-state index in [2.05, 4.69) is 33.8 Å². The standard InChI is InChI=1S/C36H54O5S/c1-24(2)8-7-9-26(4)32-16-17-33-31-15-12-28-22-29(41-27(5)37)18-21-36(28,34(31)19-20-35(32,33)6)23-40-42(38,39)30-13-10-25(3)11-14-30/h10-14,24,26,29,31-34H,7-9,15-23H2,1-6H3/t26?,29-,31?,32+,33?,34?,35+,36+/m0/s1. The average Bonchev–Trinajstić information content (AvgIpc) is 3.29. The number of allylic oxidation sites excluding steroid dienone is 1. The molecule has 1 aromatic rings. The lowest BCUT2D eigenvalue weighted by Gasteiger charge is -2.59. The van der Waals surface area contributed by atoms with E-state index in [0.717, 1.165) is 49.0 Å². The highest BCUT2D eigenvalue weighted by Gasteiger charge is 2.60. The Labute approximate surface area is 255 Å². The minimum Gasteiger partial charge on any atom is -0.462 e. The van der Waals surface area contributed by atoms with Crippen LogP contribution < -0.4 is 0 Å². The van der Waals surface area contributed by atoms with Crippen molar-refractivity contribution in [2.45, 2.75) is 123 Å². The number of benzene rings is 1. The van der Waals surface area contributed by atoms with Crippen LogP contribution in [0.1, 0.15) is 111 Å². The molecule has 3 saturated carbocycles. The van der Waals surface area contributed by atoms with Gasteiger partial charge in [-0.25, -0.2) is 0 Å². The van der Waals surface area contributed by atoms with E-state index in [1.54, 1.807) is 12.1 Å². The Morgan fingerprint density at radius 2 is 1.74 bits per heavy atom. The third-order valence-corrected chi connectivity index (χ3v) is 13.4. The summed E-state index contributed by atoms with van der Waals surface area (Å²) in [5.74, 6) is 3.67. The Morgan fingerprint density at radius 1 is 1.00 bits per heavy atom. The molecule has 234 valence electrons. The lowest BCUT2D eigenvalue weighted by Crippen LogP contribution is -2.54. The van der Waals surface area contributed by atoms with Crippen LogP contribution in [0, 0.1) is 53.3 Å². The van der Waals surface area contributed by atoms with Gasteiger partial charge in [0.05, 0.1) is 11.5 Å². The molecule has 0 radical (unpaired) electrons. The summed E-state index contributed by atoms with van der Waals surface area (Å²) < 4.78 is 38.5. The van der Waals surface area contributed by atoms with Crippen molar-refractivity contribution < 1.29 is 22.1 Å². The maximum absolute atomic E-state index is 13.4. The molecule has 3 fully saturated rings. The Hall–Kier alpha value is -1.66. The largest absolute Gasteiger partial charge is 0.462 e. The van der Waals surface area contributed by atoms with Gasteiger partial charge in [-0.3, -0.25) is 8.98 Å². The van der Waals surface area contributed by atoms with Crippen LogP contribution in [0.25, 0.3) is 0 Å². The van der Waals surface area contributed by atoms with Crippen molar-refractivity contribution in [3.05, 3.63) is 41.5 Å². The average molecular weight is 599 g/mol. The van der Waals surface area contributed by atoms with E-state index in [1.165, 1.54) is 51.0 Å². The van der Waals surface area contributed by atoms with E-state index >= 15 is 0 Å². The summed E-state index contributed by atoms with van der Waals surface area (Å²) in [5, 5.41) is 0. The molecule has 8 atom stereocenters. The second-order valence-electron chi connectivity index (χ2n) is 15.0. The van der Waals surface area contributed by atoms with Gasteiger partial charge in [-0.05, 0) is 105 Å². The van der Waals surface area contributed by atoms with Crippen LogP contribution in [-0.4, -0.2) is 27.1 Å². The maximum atomic E-state index is 13.4. The molecular weight excluding hydrogens is 544 g/mol. The van der Waals surface area contributed by atoms with Gasteiger partial charge in [0.15, 0.2) is 0 Å². The monoisotopic (exact) mass is 598 g/mol. The van der Waals surface area contributed by atoms with Gasteiger partial charge in [0, 0.05) is 18.8 Å². The van der Waals surface area contributed by atoms with Crippen molar-refractivity contribution in [3.63, 3.8) is 0 Å². The number of aryl methyl sites for hydroxylation is 1. The predicted molar refractivity (Wildman–Crippen MR) is 167 cm³/mol. The fourth-order valence-corrected chi connectivity index (χ4v) is 11.0. The van der Waals surface area contributed by atoms with E-state index in [-0.39, 0.29) is 29.0 Å². The summed E-state index contributed by atoms with van der Waals surface area (Å²) in [6.45, 7) is 13.4. The van der Waals surface area contributed by atoms with Crippen LogP contribution in [0.15, 0.2) is 40.8 Å². The van der Waals surface area contributed by atoms with Crippen LogP contribution in [0.5, 0.6) is 0 Å². The van der Waals surface area contributed by atoms with Crippen molar-refractivity contribution in [1.29, 1.82) is 0 Å². The normalized spacial score (nSPS) is 35.1. The van der Waals surface area contributed by atoms with Gasteiger partial charge in [0.1, 0.15) is 6.10 Å². The van der Waals surface area contributed by atoms with Crippen LogP contribution in [0.3, 0.4) is 0 Å². The van der Waals surface area contributed by atoms with Gasteiger partial charge in [0.2, 0.25) is 0 Å². The third-order valence-electron chi connectivity index (χ3n) is 12.1. The zero-order chi connectivity index (χ0) is 30.3. The highest BCUT2D eigenvalue weighted by atomic mass is 32.2. The smallest absolute Gasteiger partial charge is 0.302 e. The quantitative estimate of drug-likeness (QED) is 0.153. The molecule has 0 aliphatic heterocycles. The van der Waals surface area contributed by atoms with Gasteiger partial charge >= 0.3 is 5.97 Å². The fourth-order valence-electron chi connectivity index (χ4n) is 10.0. The number of ether oxygens (including phenoxy) is 1.